The Morgan fingerprint density at radius 2 is 1.70 bits per heavy atom. The van der Waals surface area contributed by atoms with Crippen LogP contribution in [-0.2, 0) is 6.42 Å². The summed E-state index contributed by atoms with van der Waals surface area (Å²) >= 11 is 3.59. The summed E-state index contributed by atoms with van der Waals surface area (Å²) in [5.74, 6) is 0.316. The molecule has 20 heavy (non-hydrogen) atoms. The first-order valence-electron chi connectivity index (χ1n) is 6.84. The fraction of sp³-hybridized carbons (Fsp3) is 0.294. The summed E-state index contributed by atoms with van der Waals surface area (Å²) in [6, 6.07) is 16.3. The van der Waals surface area contributed by atoms with Crippen molar-refractivity contribution in [2.45, 2.75) is 32.4 Å². The molecule has 0 fully saturated rings. The molecular formula is C17H20BrNO. The summed E-state index contributed by atoms with van der Waals surface area (Å²) in [5.41, 5.74) is 2.49. The van der Waals surface area contributed by atoms with E-state index >= 15 is 0 Å². The van der Waals surface area contributed by atoms with E-state index in [0.717, 1.165) is 10.9 Å². The van der Waals surface area contributed by atoms with E-state index < -0.39 is 0 Å². The Morgan fingerprint density at radius 1 is 1.05 bits per heavy atom. The molecule has 2 rings (SSSR count). The molecule has 0 heterocycles. The number of hydrogen-bond acceptors (Lipinski definition) is 2. The maximum absolute atomic E-state index is 9.29. The van der Waals surface area contributed by atoms with Crippen molar-refractivity contribution < 1.29 is 5.11 Å². The minimum Gasteiger partial charge on any atom is -0.508 e. The summed E-state index contributed by atoms with van der Waals surface area (Å²) in [4.78, 5) is 0. The second-order valence-electron chi connectivity index (χ2n) is 5.18. The smallest absolute Gasteiger partial charge is 0.115 e. The van der Waals surface area contributed by atoms with Crippen LogP contribution in [0, 0.1) is 0 Å². The highest BCUT2D eigenvalue weighted by atomic mass is 79.9. The highest BCUT2D eigenvalue weighted by Crippen LogP contribution is 2.23. The zero-order valence-corrected chi connectivity index (χ0v) is 13.4. The largest absolute Gasteiger partial charge is 0.508 e. The molecule has 3 heteroatoms. The van der Waals surface area contributed by atoms with Crippen LogP contribution in [0.4, 0.5) is 0 Å². The Labute approximate surface area is 129 Å². The van der Waals surface area contributed by atoms with E-state index in [1.165, 1.54) is 11.1 Å². The number of phenols is 1. The van der Waals surface area contributed by atoms with Gasteiger partial charge in [-0.3, -0.25) is 0 Å². The average molecular weight is 334 g/mol. The maximum atomic E-state index is 9.29. The number of halogens is 1. The van der Waals surface area contributed by atoms with E-state index in [-0.39, 0.29) is 6.04 Å². The summed E-state index contributed by atoms with van der Waals surface area (Å²) < 4.78 is 1.14. The topological polar surface area (TPSA) is 32.3 Å². The molecule has 0 saturated carbocycles. The molecule has 0 bridgehead atoms. The minimum absolute atomic E-state index is 0.290. The number of rotatable bonds is 5. The van der Waals surface area contributed by atoms with Gasteiger partial charge in [0.25, 0.3) is 0 Å². The molecular weight excluding hydrogens is 314 g/mol. The van der Waals surface area contributed by atoms with Crippen molar-refractivity contribution in [3.8, 4) is 5.75 Å². The number of hydrogen-bond donors (Lipinski definition) is 2. The first-order chi connectivity index (χ1) is 9.56. The van der Waals surface area contributed by atoms with E-state index in [2.05, 4.69) is 53.3 Å². The minimum atomic E-state index is 0.290. The highest BCUT2D eigenvalue weighted by Gasteiger charge is 2.12. The first-order valence-corrected chi connectivity index (χ1v) is 7.64. The normalized spacial score (nSPS) is 13.9. The molecule has 2 aromatic rings. The van der Waals surface area contributed by atoms with Gasteiger partial charge >= 0.3 is 0 Å². The first kappa shape index (κ1) is 15.1. The van der Waals surface area contributed by atoms with Gasteiger partial charge in [-0.05, 0) is 49.6 Å². The van der Waals surface area contributed by atoms with Crippen LogP contribution >= 0.6 is 15.9 Å². The lowest BCUT2D eigenvalue weighted by Crippen LogP contribution is -2.30. The molecule has 2 atom stereocenters. The maximum Gasteiger partial charge on any atom is 0.115 e. The quantitative estimate of drug-likeness (QED) is 0.847. The van der Waals surface area contributed by atoms with Crippen molar-refractivity contribution in [1.82, 2.24) is 5.32 Å². The Hall–Kier alpha value is -1.32. The molecule has 2 N–H and O–H groups in total. The van der Waals surface area contributed by atoms with E-state index in [1.54, 1.807) is 12.1 Å². The van der Waals surface area contributed by atoms with Crippen LogP contribution in [-0.4, -0.2) is 11.1 Å². The van der Waals surface area contributed by atoms with Gasteiger partial charge in [-0.1, -0.05) is 46.3 Å². The Balaban J connectivity index is 1.96. The van der Waals surface area contributed by atoms with Crippen molar-refractivity contribution in [3.05, 3.63) is 64.1 Å². The third-order valence-electron chi connectivity index (χ3n) is 3.38. The number of phenolic OH excluding ortho intramolecular Hbond substituents is 1. The SMILES string of the molecule is CC(Cc1ccc(O)cc1)N[C@@H](C)c1ccccc1Br. The van der Waals surface area contributed by atoms with Crippen LogP contribution in [0.1, 0.15) is 31.0 Å². The molecule has 0 aliphatic heterocycles. The number of benzene rings is 2. The molecule has 0 aliphatic carbocycles. The van der Waals surface area contributed by atoms with Crippen LogP contribution in [0.5, 0.6) is 5.75 Å². The third-order valence-corrected chi connectivity index (χ3v) is 4.11. The van der Waals surface area contributed by atoms with Gasteiger partial charge in [0.05, 0.1) is 0 Å². The molecule has 1 unspecified atom stereocenters. The van der Waals surface area contributed by atoms with Gasteiger partial charge in [-0.15, -0.1) is 0 Å². The molecule has 0 saturated heterocycles. The van der Waals surface area contributed by atoms with Gasteiger partial charge in [0.1, 0.15) is 5.75 Å². The van der Waals surface area contributed by atoms with Gasteiger partial charge in [0.2, 0.25) is 0 Å². The fourth-order valence-corrected chi connectivity index (χ4v) is 3.02. The van der Waals surface area contributed by atoms with Crippen molar-refractivity contribution in [3.63, 3.8) is 0 Å². The van der Waals surface area contributed by atoms with Gasteiger partial charge < -0.3 is 10.4 Å². The van der Waals surface area contributed by atoms with Crippen LogP contribution in [0.25, 0.3) is 0 Å². The lowest BCUT2D eigenvalue weighted by Gasteiger charge is -2.21. The highest BCUT2D eigenvalue weighted by molar-refractivity contribution is 9.10. The zero-order chi connectivity index (χ0) is 14.5. The van der Waals surface area contributed by atoms with Crippen LogP contribution in [0.15, 0.2) is 53.0 Å². The Bertz CT molecular complexity index is 553. The molecule has 2 aromatic carbocycles. The van der Waals surface area contributed by atoms with Crippen LogP contribution in [0.3, 0.4) is 0 Å². The predicted octanol–water partition coefficient (Wildman–Crippen LogP) is 4.44. The number of nitrogens with one attached hydrogen (secondary N) is 1. The Kier molecular flexibility index (Phi) is 5.21. The summed E-state index contributed by atoms with van der Waals surface area (Å²) in [5, 5.41) is 12.9. The standard InChI is InChI=1S/C17H20BrNO/c1-12(11-14-7-9-15(20)10-8-14)19-13(2)16-5-3-4-6-17(16)18/h3-10,12-13,19-20H,11H2,1-2H3/t12?,13-/m0/s1. The second kappa shape index (κ2) is 6.91. The molecule has 0 spiro atoms. The monoisotopic (exact) mass is 333 g/mol. The van der Waals surface area contributed by atoms with Gasteiger partial charge in [-0.2, -0.15) is 0 Å². The van der Waals surface area contributed by atoms with E-state index in [1.807, 2.05) is 18.2 Å². The van der Waals surface area contributed by atoms with E-state index in [9.17, 15) is 5.11 Å². The second-order valence-corrected chi connectivity index (χ2v) is 6.04. The predicted molar refractivity (Wildman–Crippen MR) is 87.0 cm³/mol. The molecule has 2 nitrogen and oxygen atoms in total. The van der Waals surface area contributed by atoms with Crippen molar-refractivity contribution in [2.75, 3.05) is 0 Å². The lowest BCUT2D eigenvalue weighted by molar-refractivity contribution is 0.470. The molecule has 0 aromatic heterocycles. The molecule has 106 valence electrons. The number of aromatic hydroxyl groups is 1. The molecule has 0 radical (unpaired) electrons. The Morgan fingerprint density at radius 3 is 2.35 bits per heavy atom. The molecule has 0 amide bonds. The van der Waals surface area contributed by atoms with Crippen LogP contribution < -0.4 is 5.32 Å². The van der Waals surface area contributed by atoms with E-state index in [0.29, 0.717) is 11.8 Å². The van der Waals surface area contributed by atoms with Crippen LogP contribution in [0.2, 0.25) is 0 Å². The van der Waals surface area contributed by atoms with Crippen molar-refractivity contribution in [1.29, 1.82) is 0 Å². The van der Waals surface area contributed by atoms with Crippen molar-refractivity contribution >= 4 is 15.9 Å². The van der Waals surface area contributed by atoms with Gasteiger partial charge in [-0.25, -0.2) is 0 Å². The summed E-state index contributed by atoms with van der Waals surface area (Å²) in [6.45, 7) is 4.35. The van der Waals surface area contributed by atoms with E-state index in [4.69, 9.17) is 0 Å². The average Bonchev–Trinajstić information content (AvgIpc) is 2.41. The fourth-order valence-electron chi connectivity index (χ4n) is 2.39. The van der Waals surface area contributed by atoms with Crippen molar-refractivity contribution in [2.24, 2.45) is 0 Å². The van der Waals surface area contributed by atoms with Gasteiger partial charge in [0.15, 0.2) is 0 Å². The lowest BCUT2D eigenvalue weighted by atomic mass is 10.0. The molecule has 0 aliphatic rings. The third kappa shape index (κ3) is 4.09. The summed E-state index contributed by atoms with van der Waals surface area (Å²) in [6.07, 6.45) is 0.940. The van der Waals surface area contributed by atoms with Gasteiger partial charge in [0, 0.05) is 16.6 Å². The zero-order valence-electron chi connectivity index (χ0n) is 11.8. The summed E-state index contributed by atoms with van der Waals surface area (Å²) in [7, 11) is 0.